The van der Waals surface area contributed by atoms with Crippen molar-refractivity contribution in [2.75, 3.05) is 10.0 Å². The van der Waals surface area contributed by atoms with Crippen LogP contribution in [0.15, 0.2) is 83.8 Å². The van der Waals surface area contributed by atoms with Crippen LogP contribution in [0.1, 0.15) is 24.1 Å². The van der Waals surface area contributed by atoms with Gasteiger partial charge >= 0.3 is 0 Å². The maximum absolute atomic E-state index is 12.7. The van der Waals surface area contributed by atoms with Crippen molar-refractivity contribution in [3.05, 3.63) is 90.0 Å². The molecule has 0 aliphatic carbocycles. The summed E-state index contributed by atoms with van der Waals surface area (Å²) in [6, 6.07) is 24.2. The fourth-order valence-electron chi connectivity index (χ4n) is 2.68. The maximum Gasteiger partial charge on any atom is 0.261 e. The van der Waals surface area contributed by atoms with Gasteiger partial charge in [-0.15, -0.1) is 0 Å². The highest BCUT2D eigenvalue weighted by atomic mass is 32.2. The third-order valence-corrected chi connectivity index (χ3v) is 5.56. The number of nitrogens with one attached hydrogen (secondary N) is 2. The van der Waals surface area contributed by atoms with E-state index in [4.69, 9.17) is 0 Å². The van der Waals surface area contributed by atoms with Crippen molar-refractivity contribution in [3.63, 3.8) is 0 Å². The summed E-state index contributed by atoms with van der Waals surface area (Å²) in [5.41, 5.74) is 3.40. The first kappa shape index (κ1) is 18.0. The summed E-state index contributed by atoms with van der Waals surface area (Å²) in [5.74, 6) is 0. The van der Waals surface area contributed by atoms with Gasteiger partial charge in [0, 0.05) is 6.04 Å². The molecule has 1 atom stereocenters. The Morgan fingerprint density at radius 3 is 2.00 bits per heavy atom. The average molecular weight is 366 g/mol. The molecule has 3 aromatic carbocycles. The van der Waals surface area contributed by atoms with Crippen molar-refractivity contribution < 1.29 is 8.42 Å². The summed E-state index contributed by atoms with van der Waals surface area (Å²) < 4.78 is 28.1. The highest BCUT2D eigenvalue weighted by molar-refractivity contribution is 7.92. The van der Waals surface area contributed by atoms with E-state index < -0.39 is 10.0 Å². The Morgan fingerprint density at radius 2 is 1.35 bits per heavy atom. The molecule has 3 rings (SSSR count). The molecule has 0 radical (unpaired) electrons. The second-order valence-electron chi connectivity index (χ2n) is 6.24. The van der Waals surface area contributed by atoms with Crippen LogP contribution in [-0.4, -0.2) is 8.42 Å². The molecule has 0 fully saturated rings. The van der Waals surface area contributed by atoms with E-state index in [1.54, 1.807) is 30.3 Å². The number of sulfonamides is 1. The van der Waals surface area contributed by atoms with Gasteiger partial charge in [-0.1, -0.05) is 60.2 Å². The zero-order valence-electron chi connectivity index (χ0n) is 14.8. The SMILES string of the molecule is Cc1ccc(S(=O)(=O)Nc2ccccc2NC(C)c2ccccc2)cc1. The number of benzene rings is 3. The van der Waals surface area contributed by atoms with Crippen molar-refractivity contribution >= 4 is 21.4 Å². The molecule has 0 saturated heterocycles. The lowest BCUT2D eigenvalue weighted by Gasteiger charge is -2.19. The molecule has 0 saturated carbocycles. The predicted molar refractivity (Wildman–Crippen MR) is 107 cm³/mol. The van der Waals surface area contributed by atoms with Crippen molar-refractivity contribution in [1.82, 2.24) is 0 Å². The molecule has 0 heterocycles. The molecule has 5 heteroatoms. The minimum Gasteiger partial charge on any atom is -0.377 e. The van der Waals surface area contributed by atoms with E-state index in [1.807, 2.05) is 62.4 Å². The Balaban J connectivity index is 1.84. The van der Waals surface area contributed by atoms with Gasteiger partial charge in [0.15, 0.2) is 0 Å². The van der Waals surface area contributed by atoms with Gasteiger partial charge in [-0.2, -0.15) is 0 Å². The lowest BCUT2D eigenvalue weighted by molar-refractivity contribution is 0.601. The monoisotopic (exact) mass is 366 g/mol. The molecule has 134 valence electrons. The van der Waals surface area contributed by atoms with Crippen molar-refractivity contribution in [3.8, 4) is 0 Å². The molecule has 0 spiro atoms. The average Bonchev–Trinajstić information content (AvgIpc) is 2.64. The second-order valence-corrected chi connectivity index (χ2v) is 7.92. The molecule has 0 amide bonds. The third-order valence-electron chi connectivity index (χ3n) is 4.17. The molecular formula is C21H22N2O2S. The van der Waals surface area contributed by atoms with Gasteiger partial charge in [-0.05, 0) is 43.7 Å². The molecular weight excluding hydrogens is 344 g/mol. The number of para-hydroxylation sites is 2. The Morgan fingerprint density at radius 1 is 0.769 bits per heavy atom. The third kappa shape index (κ3) is 4.24. The first-order valence-electron chi connectivity index (χ1n) is 8.46. The summed E-state index contributed by atoms with van der Waals surface area (Å²) in [6.07, 6.45) is 0. The van der Waals surface area contributed by atoms with E-state index in [0.29, 0.717) is 5.69 Å². The standard InChI is InChI=1S/C21H22N2O2S/c1-16-12-14-19(15-13-16)26(24,25)23-21-11-7-6-10-20(21)22-17(2)18-8-4-3-5-9-18/h3-15,17,22-23H,1-2H3. The number of hydrogen-bond acceptors (Lipinski definition) is 3. The van der Waals surface area contributed by atoms with E-state index in [2.05, 4.69) is 10.0 Å². The van der Waals surface area contributed by atoms with Crippen LogP contribution in [0.2, 0.25) is 0 Å². The van der Waals surface area contributed by atoms with Gasteiger partial charge in [0.05, 0.1) is 16.3 Å². The topological polar surface area (TPSA) is 58.2 Å². The zero-order valence-corrected chi connectivity index (χ0v) is 15.6. The molecule has 0 aliphatic rings. The molecule has 3 aromatic rings. The largest absolute Gasteiger partial charge is 0.377 e. The van der Waals surface area contributed by atoms with Gasteiger partial charge in [-0.25, -0.2) is 8.42 Å². The lowest BCUT2D eigenvalue weighted by Crippen LogP contribution is -2.15. The summed E-state index contributed by atoms with van der Waals surface area (Å²) >= 11 is 0. The second kappa shape index (κ2) is 7.62. The Bertz CT molecular complexity index is 968. The van der Waals surface area contributed by atoms with Gasteiger partial charge in [0.25, 0.3) is 10.0 Å². The van der Waals surface area contributed by atoms with Crippen LogP contribution in [0.3, 0.4) is 0 Å². The highest BCUT2D eigenvalue weighted by Gasteiger charge is 2.16. The first-order chi connectivity index (χ1) is 12.5. The first-order valence-corrected chi connectivity index (χ1v) is 9.94. The van der Waals surface area contributed by atoms with Crippen LogP contribution in [0.4, 0.5) is 11.4 Å². The van der Waals surface area contributed by atoms with Crippen molar-refractivity contribution in [2.24, 2.45) is 0 Å². The highest BCUT2D eigenvalue weighted by Crippen LogP contribution is 2.28. The Hall–Kier alpha value is -2.79. The number of rotatable bonds is 6. The van der Waals surface area contributed by atoms with Gasteiger partial charge in [0.1, 0.15) is 0 Å². The molecule has 1 unspecified atom stereocenters. The summed E-state index contributed by atoms with van der Waals surface area (Å²) in [6.45, 7) is 3.97. The van der Waals surface area contributed by atoms with Crippen LogP contribution >= 0.6 is 0 Å². The van der Waals surface area contributed by atoms with Crippen molar-refractivity contribution in [2.45, 2.75) is 24.8 Å². The Kier molecular flexibility index (Phi) is 5.28. The van der Waals surface area contributed by atoms with Crippen molar-refractivity contribution in [1.29, 1.82) is 0 Å². The molecule has 26 heavy (non-hydrogen) atoms. The normalized spacial score (nSPS) is 12.4. The lowest BCUT2D eigenvalue weighted by atomic mass is 10.1. The molecule has 0 aliphatic heterocycles. The summed E-state index contributed by atoms with van der Waals surface area (Å²) in [4.78, 5) is 0.244. The summed E-state index contributed by atoms with van der Waals surface area (Å²) in [5, 5.41) is 3.38. The minimum absolute atomic E-state index is 0.0428. The fourth-order valence-corrected chi connectivity index (χ4v) is 3.76. The van der Waals surface area contributed by atoms with Gasteiger partial charge in [-0.3, -0.25) is 4.72 Å². The predicted octanol–water partition coefficient (Wildman–Crippen LogP) is 4.97. The minimum atomic E-state index is -3.64. The number of hydrogen-bond donors (Lipinski definition) is 2. The number of anilines is 2. The van der Waals surface area contributed by atoms with Crippen LogP contribution < -0.4 is 10.0 Å². The summed E-state index contributed by atoms with van der Waals surface area (Å²) in [7, 11) is -3.64. The number of aryl methyl sites for hydroxylation is 1. The van der Waals surface area contributed by atoms with Gasteiger partial charge < -0.3 is 5.32 Å². The van der Waals surface area contributed by atoms with E-state index in [1.165, 1.54) is 0 Å². The fraction of sp³-hybridized carbons (Fsp3) is 0.143. The van der Waals surface area contributed by atoms with Gasteiger partial charge in [0.2, 0.25) is 0 Å². The van der Waals surface area contributed by atoms with Crippen LogP contribution in [0.25, 0.3) is 0 Å². The van der Waals surface area contributed by atoms with Crippen LogP contribution in [-0.2, 0) is 10.0 Å². The molecule has 2 N–H and O–H groups in total. The maximum atomic E-state index is 12.7. The van der Waals surface area contributed by atoms with E-state index >= 15 is 0 Å². The molecule has 0 aromatic heterocycles. The zero-order chi connectivity index (χ0) is 18.6. The van der Waals surface area contributed by atoms with Crippen LogP contribution in [0.5, 0.6) is 0 Å². The quantitative estimate of drug-likeness (QED) is 0.648. The van der Waals surface area contributed by atoms with E-state index in [-0.39, 0.29) is 10.9 Å². The van der Waals surface area contributed by atoms with E-state index in [0.717, 1.165) is 16.8 Å². The van der Waals surface area contributed by atoms with Crippen LogP contribution in [0, 0.1) is 6.92 Å². The Labute approximate surface area is 155 Å². The smallest absolute Gasteiger partial charge is 0.261 e. The molecule has 4 nitrogen and oxygen atoms in total. The van der Waals surface area contributed by atoms with E-state index in [9.17, 15) is 8.42 Å². The molecule has 0 bridgehead atoms.